The van der Waals surface area contributed by atoms with Crippen molar-refractivity contribution in [2.75, 3.05) is 0 Å². The van der Waals surface area contributed by atoms with Crippen LogP contribution in [0.1, 0.15) is 5.56 Å². The van der Waals surface area contributed by atoms with E-state index in [1.165, 1.54) is 4.70 Å². The second kappa shape index (κ2) is 5.25. The van der Waals surface area contributed by atoms with E-state index in [0.717, 1.165) is 11.9 Å². The first-order valence-corrected chi connectivity index (χ1v) is 7.79. The lowest BCUT2D eigenvalue weighted by Gasteiger charge is -2.12. The Bertz CT molecular complexity index is 483. The molecular formula is C8H5Cl2NO4S2. The summed E-state index contributed by atoms with van der Waals surface area (Å²) < 4.78 is 41.4. The predicted octanol–water partition coefficient (Wildman–Crippen LogP) is -0.394. The standard InChI is InChI=1S/C8H5Cl2NO4S2/c9-7-3-1-6(2-4-7)8-11-16-5-17(8)15-10(12,13)14/h1-5H. The molecule has 1 atom stereocenters. The van der Waals surface area contributed by atoms with Crippen molar-refractivity contribution in [2.45, 2.75) is 0 Å². The van der Waals surface area contributed by atoms with Crippen LogP contribution in [-0.2, 0) is 3.74 Å². The van der Waals surface area contributed by atoms with E-state index in [0.29, 0.717) is 15.6 Å². The molecule has 1 heterocycles. The molecule has 0 spiro atoms. The fourth-order valence-corrected chi connectivity index (χ4v) is 4.34. The molecule has 0 aliphatic carbocycles. The van der Waals surface area contributed by atoms with Crippen LogP contribution in [0.4, 0.5) is 0 Å². The molecule has 1 aromatic carbocycles. The molecule has 17 heavy (non-hydrogen) atoms. The third-order valence-electron chi connectivity index (χ3n) is 1.69. The molecule has 9 heteroatoms. The van der Waals surface area contributed by atoms with Gasteiger partial charge in [-0.15, -0.1) is 0 Å². The largest absolute Gasteiger partial charge is 0.202 e. The number of rotatable bonds is 3. The van der Waals surface area contributed by atoms with Crippen molar-refractivity contribution in [1.29, 1.82) is 0 Å². The number of benzene rings is 1. The second-order valence-corrected chi connectivity index (χ2v) is 6.68. The molecule has 0 amide bonds. The Morgan fingerprint density at radius 3 is 2.47 bits per heavy atom. The average molecular weight is 314 g/mol. The molecule has 2 rings (SSSR count). The number of hydrogen-bond acceptors (Lipinski definition) is 6. The van der Waals surface area contributed by atoms with Crippen LogP contribution >= 0.6 is 34.3 Å². The molecule has 1 unspecified atom stereocenters. The first kappa shape index (κ1) is 13.3. The summed E-state index contributed by atoms with van der Waals surface area (Å²) in [5, 5.41) is 0.956. The zero-order valence-corrected chi connectivity index (χ0v) is 11.2. The van der Waals surface area contributed by atoms with Gasteiger partial charge in [0, 0.05) is 22.5 Å². The highest BCUT2D eigenvalue weighted by Crippen LogP contribution is 2.33. The normalized spacial score (nSPS) is 20.0. The highest BCUT2D eigenvalue weighted by atomic mass is 35.7. The molecule has 1 aliphatic heterocycles. The highest BCUT2D eigenvalue weighted by molar-refractivity contribution is 8.39. The Morgan fingerprint density at radius 2 is 1.88 bits per heavy atom. The van der Waals surface area contributed by atoms with Gasteiger partial charge in [-0.1, -0.05) is 23.7 Å². The summed E-state index contributed by atoms with van der Waals surface area (Å²) in [4.78, 5) is 0. The summed E-state index contributed by atoms with van der Waals surface area (Å²) in [6.45, 7) is 0. The SMILES string of the molecule is [O-][Cl+3]([O-])([O-])OS1=CSN=C1c1ccc(Cl)cc1. The second-order valence-electron chi connectivity index (χ2n) is 2.84. The van der Waals surface area contributed by atoms with Crippen LogP contribution in [0.15, 0.2) is 28.7 Å². The molecule has 0 N–H and O–H groups in total. The Hall–Kier alpha value is -0.120. The van der Waals surface area contributed by atoms with Crippen molar-refractivity contribution in [3.63, 3.8) is 0 Å². The topological polar surface area (TPSA) is 90.8 Å². The maximum atomic E-state index is 10.5. The van der Waals surface area contributed by atoms with E-state index in [1.807, 2.05) is 0 Å². The van der Waals surface area contributed by atoms with Gasteiger partial charge in [-0.2, -0.15) is 14.0 Å². The Morgan fingerprint density at radius 1 is 1.24 bits per heavy atom. The fourth-order valence-electron chi connectivity index (χ4n) is 1.08. The van der Waals surface area contributed by atoms with E-state index in [2.05, 4.69) is 8.13 Å². The lowest BCUT2D eigenvalue weighted by molar-refractivity contribution is -1.91. The molecule has 0 saturated carbocycles. The van der Waals surface area contributed by atoms with E-state index in [-0.39, 0.29) is 0 Å². The first-order valence-electron chi connectivity index (χ1n) is 4.13. The van der Waals surface area contributed by atoms with Gasteiger partial charge < -0.3 is 0 Å². The van der Waals surface area contributed by atoms with E-state index in [4.69, 9.17) is 11.6 Å². The summed E-state index contributed by atoms with van der Waals surface area (Å²) in [7, 11) is -5.73. The summed E-state index contributed by atoms with van der Waals surface area (Å²) in [5.41, 5.74) is 0.665. The van der Waals surface area contributed by atoms with Gasteiger partial charge in [0.25, 0.3) is 0 Å². The van der Waals surface area contributed by atoms with E-state index >= 15 is 0 Å². The summed E-state index contributed by atoms with van der Waals surface area (Å²) in [6.07, 6.45) is 0. The van der Waals surface area contributed by atoms with Gasteiger partial charge in [0.2, 0.25) is 0 Å². The molecular weight excluding hydrogens is 309 g/mol. The Kier molecular flexibility index (Phi) is 4.11. The molecule has 92 valence electrons. The van der Waals surface area contributed by atoms with Crippen LogP contribution in [-0.4, -0.2) is 9.74 Å². The Labute approximate surface area is 111 Å². The minimum absolute atomic E-state index is 0.401. The van der Waals surface area contributed by atoms with Crippen LogP contribution in [0, 0.1) is 10.2 Å². The number of halogens is 2. The van der Waals surface area contributed by atoms with Crippen molar-refractivity contribution < 1.29 is 28.0 Å². The molecule has 5 nitrogen and oxygen atoms in total. The molecule has 0 bridgehead atoms. The third kappa shape index (κ3) is 3.67. The molecule has 0 aromatic heterocycles. The zero-order valence-electron chi connectivity index (χ0n) is 8.04. The van der Waals surface area contributed by atoms with Crippen LogP contribution in [0.25, 0.3) is 0 Å². The summed E-state index contributed by atoms with van der Waals surface area (Å²) in [5.74, 6) is 0. The lowest BCUT2D eigenvalue weighted by atomic mass is 10.2. The van der Waals surface area contributed by atoms with E-state index < -0.39 is 21.0 Å². The minimum Gasteiger partial charge on any atom is -0.202 e. The monoisotopic (exact) mass is 313 g/mol. The third-order valence-corrected chi connectivity index (χ3v) is 5.26. The molecule has 0 saturated heterocycles. The Balaban J connectivity index is 2.22. The predicted molar refractivity (Wildman–Crippen MR) is 60.3 cm³/mol. The van der Waals surface area contributed by atoms with Crippen molar-refractivity contribution in [1.82, 2.24) is 0 Å². The summed E-state index contributed by atoms with van der Waals surface area (Å²) >= 11 is 6.77. The van der Waals surface area contributed by atoms with Crippen molar-refractivity contribution in [3.05, 3.63) is 34.9 Å². The fraction of sp³-hybridized carbons (Fsp3) is 0. The summed E-state index contributed by atoms with van der Waals surface area (Å²) in [6, 6.07) is 6.65. The van der Waals surface area contributed by atoms with Crippen molar-refractivity contribution >= 4 is 44.1 Å². The van der Waals surface area contributed by atoms with Gasteiger partial charge in [0.15, 0.2) is 10.8 Å². The maximum Gasteiger partial charge on any atom is 0.167 e. The van der Waals surface area contributed by atoms with Gasteiger partial charge in [0.05, 0.1) is 14.9 Å². The number of nitrogens with zero attached hydrogens (tertiary/aromatic N) is 1. The molecule has 0 fully saturated rings. The van der Waals surface area contributed by atoms with Crippen LogP contribution in [0.3, 0.4) is 0 Å². The first-order chi connectivity index (χ1) is 7.96. The van der Waals surface area contributed by atoms with Gasteiger partial charge in [-0.3, -0.25) is 0 Å². The quantitative estimate of drug-likeness (QED) is 0.559. The van der Waals surface area contributed by atoms with E-state index in [9.17, 15) is 14.0 Å². The van der Waals surface area contributed by atoms with Gasteiger partial charge in [0.1, 0.15) is 8.78 Å². The number of hydrogen-bond donors (Lipinski definition) is 0. The maximum absolute atomic E-state index is 10.5. The molecule has 0 radical (unpaired) electrons. The highest BCUT2D eigenvalue weighted by Gasteiger charge is 2.29. The van der Waals surface area contributed by atoms with E-state index in [1.54, 1.807) is 24.3 Å². The van der Waals surface area contributed by atoms with Crippen LogP contribution in [0.5, 0.6) is 0 Å². The van der Waals surface area contributed by atoms with Crippen LogP contribution in [0.2, 0.25) is 5.02 Å². The lowest BCUT2D eigenvalue weighted by Crippen LogP contribution is -2.60. The van der Waals surface area contributed by atoms with Crippen molar-refractivity contribution in [3.8, 4) is 0 Å². The smallest absolute Gasteiger partial charge is 0.167 e. The van der Waals surface area contributed by atoms with Crippen LogP contribution < -0.4 is 14.0 Å². The van der Waals surface area contributed by atoms with Gasteiger partial charge >= 0.3 is 0 Å². The van der Waals surface area contributed by atoms with Gasteiger partial charge in [-0.25, -0.2) is 4.40 Å². The van der Waals surface area contributed by atoms with Crippen molar-refractivity contribution in [2.24, 2.45) is 4.40 Å². The molecule has 1 aromatic rings. The zero-order chi connectivity index (χ0) is 12.5. The molecule has 1 aliphatic rings. The average Bonchev–Trinajstić information content (AvgIpc) is 2.64. The minimum atomic E-state index is -4.47. The van der Waals surface area contributed by atoms with Gasteiger partial charge in [-0.05, 0) is 12.1 Å².